The molecule has 1 aliphatic heterocycles. The van der Waals surface area contributed by atoms with Gasteiger partial charge in [-0.3, -0.25) is 4.79 Å². The average molecular weight is 186 g/mol. The molecule has 3 rings (SSSR count). The van der Waals surface area contributed by atoms with Crippen molar-refractivity contribution in [1.82, 2.24) is 5.43 Å². The Morgan fingerprint density at radius 1 is 1.21 bits per heavy atom. The summed E-state index contributed by atoms with van der Waals surface area (Å²) in [6, 6.07) is 10.0. The van der Waals surface area contributed by atoms with Crippen molar-refractivity contribution >= 4 is 11.6 Å². The number of fused-ring (bicyclic) bond motifs is 1. The van der Waals surface area contributed by atoms with E-state index in [2.05, 4.69) is 10.5 Å². The number of hydrogen-bond acceptors (Lipinski definition) is 2. The largest absolute Gasteiger partial charge is 0.273 e. The zero-order chi connectivity index (χ0) is 9.54. The van der Waals surface area contributed by atoms with E-state index >= 15 is 0 Å². The number of nitrogens with zero attached hydrogens (tertiary/aromatic N) is 1. The number of amides is 1. The van der Waals surface area contributed by atoms with Crippen molar-refractivity contribution in [1.29, 1.82) is 0 Å². The molecular weight excluding hydrogens is 176 g/mol. The molecule has 0 saturated heterocycles. The van der Waals surface area contributed by atoms with Gasteiger partial charge in [-0.1, -0.05) is 30.3 Å². The Bertz CT molecular complexity index is 411. The molecule has 1 aromatic rings. The first kappa shape index (κ1) is 7.74. The Balaban J connectivity index is 1.97. The van der Waals surface area contributed by atoms with Gasteiger partial charge in [-0.05, 0) is 12.0 Å². The zero-order valence-electron chi connectivity index (χ0n) is 7.60. The van der Waals surface area contributed by atoms with Crippen LogP contribution in [0.4, 0.5) is 0 Å². The summed E-state index contributed by atoms with van der Waals surface area (Å²) in [5.74, 6) is 0.628. The van der Waals surface area contributed by atoms with E-state index in [0.29, 0.717) is 5.92 Å². The summed E-state index contributed by atoms with van der Waals surface area (Å²) in [7, 11) is 0. The minimum Gasteiger partial charge on any atom is -0.273 e. The number of rotatable bonds is 1. The lowest BCUT2D eigenvalue weighted by Gasteiger charge is -2.10. The molecule has 1 aromatic carbocycles. The molecule has 2 atom stereocenters. The zero-order valence-corrected chi connectivity index (χ0v) is 7.60. The van der Waals surface area contributed by atoms with Gasteiger partial charge >= 0.3 is 0 Å². The molecule has 3 nitrogen and oxygen atoms in total. The van der Waals surface area contributed by atoms with Gasteiger partial charge in [0.05, 0.1) is 5.71 Å². The van der Waals surface area contributed by atoms with Gasteiger partial charge in [0.25, 0.3) is 0 Å². The molecule has 0 unspecified atom stereocenters. The topological polar surface area (TPSA) is 41.5 Å². The molecule has 1 amide bonds. The predicted octanol–water partition coefficient (Wildman–Crippen LogP) is 1.16. The maximum absolute atomic E-state index is 11.2. The van der Waals surface area contributed by atoms with Crippen molar-refractivity contribution in [3.63, 3.8) is 0 Å². The summed E-state index contributed by atoms with van der Waals surface area (Å²) in [5, 5.41) is 4.12. The molecule has 1 fully saturated rings. The van der Waals surface area contributed by atoms with E-state index in [1.165, 1.54) is 0 Å². The van der Waals surface area contributed by atoms with Crippen molar-refractivity contribution in [2.24, 2.45) is 16.9 Å². The Morgan fingerprint density at radius 2 is 2.00 bits per heavy atom. The van der Waals surface area contributed by atoms with Gasteiger partial charge in [-0.25, -0.2) is 5.43 Å². The molecule has 0 bridgehead atoms. The van der Waals surface area contributed by atoms with Gasteiger partial charge in [-0.15, -0.1) is 0 Å². The summed E-state index contributed by atoms with van der Waals surface area (Å²) < 4.78 is 0. The summed E-state index contributed by atoms with van der Waals surface area (Å²) in [6.07, 6.45) is 0.958. The Morgan fingerprint density at radius 3 is 2.79 bits per heavy atom. The fraction of sp³-hybridized carbons (Fsp3) is 0.273. The third-order valence-electron chi connectivity index (χ3n) is 2.83. The van der Waals surface area contributed by atoms with Crippen LogP contribution in [0.25, 0.3) is 0 Å². The Kier molecular flexibility index (Phi) is 1.48. The van der Waals surface area contributed by atoms with E-state index in [1.54, 1.807) is 0 Å². The average Bonchev–Trinajstić information content (AvgIpc) is 3.00. The first-order valence-electron chi connectivity index (χ1n) is 4.79. The van der Waals surface area contributed by atoms with Crippen LogP contribution < -0.4 is 5.43 Å². The summed E-state index contributed by atoms with van der Waals surface area (Å²) in [6.45, 7) is 0. The molecule has 0 aromatic heterocycles. The second kappa shape index (κ2) is 2.67. The van der Waals surface area contributed by atoms with Crippen LogP contribution in [0.1, 0.15) is 12.0 Å². The highest BCUT2D eigenvalue weighted by molar-refractivity contribution is 6.09. The van der Waals surface area contributed by atoms with E-state index in [-0.39, 0.29) is 11.8 Å². The fourth-order valence-corrected chi connectivity index (χ4v) is 1.96. The van der Waals surface area contributed by atoms with Gasteiger partial charge in [0, 0.05) is 11.8 Å². The lowest BCUT2D eigenvalue weighted by atomic mass is 10.0. The molecular formula is C11H10N2O. The van der Waals surface area contributed by atoms with Crippen LogP contribution in [-0.2, 0) is 4.79 Å². The number of hydrazone groups is 1. The molecule has 1 aliphatic carbocycles. The van der Waals surface area contributed by atoms with Gasteiger partial charge in [0.2, 0.25) is 5.91 Å². The van der Waals surface area contributed by atoms with E-state index < -0.39 is 0 Å². The van der Waals surface area contributed by atoms with Crippen molar-refractivity contribution < 1.29 is 4.79 Å². The van der Waals surface area contributed by atoms with Gasteiger partial charge < -0.3 is 0 Å². The van der Waals surface area contributed by atoms with Crippen LogP contribution in [0.15, 0.2) is 35.4 Å². The third kappa shape index (κ3) is 1.05. The first-order chi connectivity index (χ1) is 6.86. The number of hydrogen-bond donors (Lipinski definition) is 1. The fourth-order valence-electron chi connectivity index (χ4n) is 1.96. The molecule has 3 heteroatoms. The second-order valence-electron chi connectivity index (χ2n) is 3.79. The lowest BCUT2D eigenvalue weighted by Crippen LogP contribution is -2.28. The molecule has 1 heterocycles. The summed E-state index contributed by atoms with van der Waals surface area (Å²) >= 11 is 0. The molecule has 70 valence electrons. The van der Waals surface area contributed by atoms with E-state index in [1.807, 2.05) is 30.3 Å². The van der Waals surface area contributed by atoms with Gasteiger partial charge in [0.15, 0.2) is 0 Å². The van der Waals surface area contributed by atoms with Crippen molar-refractivity contribution in [3.8, 4) is 0 Å². The van der Waals surface area contributed by atoms with Crippen LogP contribution >= 0.6 is 0 Å². The Labute approximate surface area is 81.8 Å². The number of benzene rings is 1. The Hall–Kier alpha value is -1.64. The van der Waals surface area contributed by atoms with Crippen molar-refractivity contribution in [2.75, 3.05) is 0 Å². The van der Waals surface area contributed by atoms with E-state index in [4.69, 9.17) is 0 Å². The molecule has 2 aliphatic rings. The normalized spacial score (nSPS) is 28.9. The molecule has 0 spiro atoms. The van der Waals surface area contributed by atoms with Crippen LogP contribution in [-0.4, -0.2) is 11.6 Å². The minimum atomic E-state index is 0.0784. The molecule has 14 heavy (non-hydrogen) atoms. The quantitative estimate of drug-likeness (QED) is 0.702. The standard InChI is InChI=1S/C11H10N2O/c14-11-9-6-8(9)10(12-13-11)7-4-2-1-3-5-7/h1-5,8-9H,6H2,(H,13,14)/t8-,9-/m1/s1. The first-order valence-corrected chi connectivity index (χ1v) is 4.79. The second-order valence-corrected chi connectivity index (χ2v) is 3.79. The van der Waals surface area contributed by atoms with E-state index in [9.17, 15) is 4.79 Å². The summed E-state index contributed by atoms with van der Waals surface area (Å²) in [5.41, 5.74) is 4.73. The van der Waals surface area contributed by atoms with Crippen molar-refractivity contribution in [3.05, 3.63) is 35.9 Å². The number of nitrogens with one attached hydrogen (secondary N) is 1. The highest BCUT2D eigenvalue weighted by atomic mass is 16.2. The summed E-state index contributed by atoms with van der Waals surface area (Å²) in [4.78, 5) is 11.2. The minimum absolute atomic E-state index is 0.0784. The molecule has 1 saturated carbocycles. The third-order valence-corrected chi connectivity index (χ3v) is 2.83. The van der Waals surface area contributed by atoms with Crippen LogP contribution in [0.2, 0.25) is 0 Å². The number of carbonyl (C=O) groups is 1. The van der Waals surface area contributed by atoms with Crippen LogP contribution in [0.3, 0.4) is 0 Å². The SMILES string of the molecule is O=C1NN=C(c2ccccc2)[C@@H]2C[C@@H]12. The molecule has 1 N–H and O–H groups in total. The van der Waals surface area contributed by atoms with E-state index in [0.717, 1.165) is 17.7 Å². The maximum atomic E-state index is 11.2. The van der Waals surface area contributed by atoms with Gasteiger partial charge in [0.1, 0.15) is 0 Å². The van der Waals surface area contributed by atoms with Crippen LogP contribution in [0, 0.1) is 11.8 Å². The highest BCUT2D eigenvalue weighted by Gasteiger charge is 2.49. The molecule has 0 radical (unpaired) electrons. The van der Waals surface area contributed by atoms with Crippen LogP contribution in [0.5, 0.6) is 0 Å². The highest BCUT2D eigenvalue weighted by Crippen LogP contribution is 2.43. The monoisotopic (exact) mass is 186 g/mol. The van der Waals surface area contributed by atoms with Crippen molar-refractivity contribution in [2.45, 2.75) is 6.42 Å². The predicted molar refractivity (Wildman–Crippen MR) is 52.7 cm³/mol. The smallest absolute Gasteiger partial charge is 0.243 e. The lowest BCUT2D eigenvalue weighted by molar-refractivity contribution is -0.122. The maximum Gasteiger partial charge on any atom is 0.243 e. The van der Waals surface area contributed by atoms with Gasteiger partial charge in [-0.2, -0.15) is 5.10 Å². The number of carbonyl (C=O) groups excluding carboxylic acids is 1.